The van der Waals surface area contributed by atoms with Crippen LogP contribution < -0.4 is 0 Å². The summed E-state index contributed by atoms with van der Waals surface area (Å²) in [7, 11) is 0. The Hall–Kier alpha value is -1.07. The fourth-order valence-corrected chi connectivity index (χ4v) is 1.91. The molecule has 1 aliphatic carbocycles. The number of halogens is 4. The van der Waals surface area contributed by atoms with Gasteiger partial charge in [0.2, 0.25) is 0 Å². The minimum absolute atomic E-state index is 0.716. The highest BCUT2D eigenvalue weighted by Gasteiger charge is 2.61. The molecule has 2 atom stereocenters. The molecule has 1 N–H and O–H groups in total. The van der Waals surface area contributed by atoms with Crippen LogP contribution >= 0.6 is 0 Å². The molecule has 16 heavy (non-hydrogen) atoms. The molecule has 0 spiro atoms. The summed E-state index contributed by atoms with van der Waals surface area (Å²) in [5.41, 5.74) is -2.01. The minimum Gasteiger partial charge on any atom is -0.481 e. The van der Waals surface area contributed by atoms with Crippen molar-refractivity contribution in [1.82, 2.24) is 0 Å². The first kappa shape index (κ1) is 13.0. The summed E-state index contributed by atoms with van der Waals surface area (Å²) >= 11 is 0. The fourth-order valence-electron chi connectivity index (χ4n) is 1.91. The normalized spacial score (nSPS) is 27.0. The molecule has 0 bridgehead atoms. The second-order valence-corrected chi connectivity index (χ2v) is 4.43. The van der Waals surface area contributed by atoms with Gasteiger partial charge in [0.15, 0.2) is 0 Å². The first-order chi connectivity index (χ1) is 7.19. The van der Waals surface area contributed by atoms with Crippen molar-refractivity contribution in [2.75, 3.05) is 0 Å². The van der Waals surface area contributed by atoms with Gasteiger partial charge in [0.1, 0.15) is 0 Å². The van der Waals surface area contributed by atoms with E-state index in [1.807, 2.05) is 0 Å². The van der Waals surface area contributed by atoms with Gasteiger partial charge in [0.25, 0.3) is 12.9 Å². The monoisotopic (exact) mass is 240 g/mol. The largest absolute Gasteiger partial charge is 0.481 e. The maximum atomic E-state index is 12.2. The van der Waals surface area contributed by atoms with Crippen LogP contribution in [0.4, 0.5) is 17.6 Å². The van der Waals surface area contributed by atoms with Gasteiger partial charge in [-0.05, 0) is 11.3 Å². The van der Waals surface area contributed by atoms with Crippen LogP contribution in [-0.2, 0) is 4.79 Å². The van der Waals surface area contributed by atoms with Crippen molar-refractivity contribution >= 4 is 5.97 Å². The van der Waals surface area contributed by atoms with E-state index in [0.717, 1.165) is 0 Å². The van der Waals surface area contributed by atoms with E-state index < -0.39 is 41.6 Å². The number of alkyl halides is 4. The quantitative estimate of drug-likeness (QED) is 0.606. The van der Waals surface area contributed by atoms with Gasteiger partial charge in [-0.1, -0.05) is 19.9 Å². The number of allylic oxidation sites excluding steroid dienone is 2. The first-order valence-corrected chi connectivity index (χ1v) is 4.70. The summed E-state index contributed by atoms with van der Waals surface area (Å²) in [6.45, 7) is 3.11. The van der Waals surface area contributed by atoms with Crippen LogP contribution in [0.2, 0.25) is 0 Å². The van der Waals surface area contributed by atoms with Crippen LogP contribution in [0.15, 0.2) is 11.6 Å². The summed E-state index contributed by atoms with van der Waals surface area (Å²) in [4.78, 5) is 10.7. The summed E-state index contributed by atoms with van der Waals surface area (Å²) in [6, 6.07) is 0. The number of carboxylic acid groups (broad SMARTS) is 1. The van der Waals surface area contributed by atoms with Crippen LogP contribution in [0, 0.1) is 17.3 Å². The lowest BCUT2D eigenvalue weighted by molar-refractivity contribution is -0.139. The van der Waals surface area contributed by atoms with E-state index in [1.165, 1.54) is 0 Å². The summed E-state index contributed by atoms with van der Waals surface area (Å²) < 4.78 is 48.9. The lowest BCUT2D eigenvalue weighted by Crippen LogP contribution is -2.08. The van der Waals surface area contributed by atoms with E-state index in [9.17, 15) is 22.4 Å². The Bertz CT molecular complexity index is 313. The highest BCUT2D eigenvalue weighted by atomic mass is 19.3. The predicted octanol–water partition coefficient (Wildman–Crippen LogP) is 2.80. The number of hydrogen-bond acceptors (Lipinski definition) is 1. The highest BCUT2D eigenvalue weighted by Crippen LogP contribution is 2.59. The summed E-state index contributed by atoms with van der Waals surface area (Å²) in [6.07, 6.45) is -5.77. The van der Waals surface area contributed by atoms with Gasteiger partial charge in [-0.25, -0.2) is 17.6 Å². The van der Waals surface area contributed by atoms with Gasteiger partial charge in [0, 0.05) is 0 Å². The maximum absolute atomic E-state index is 12.2. The van der Waals surface area contributed by atoms with Crippen molar-refractivity contribution in [2.45, 2.75) is 26.7 Å². The molecular formula is C10H12F4O2. The lowest BCUT2D eigenvalue weighted by Gasteiger charge is -2.05. The molecule has 0 heterocycles. The molecule has 1 saturated carbocycles. The standard InChI is InChI=1S/C10H12F4O2/c1-10(2)5(6(10)9(15)16)3-4(7(11)12)8(13)14/h3,5-8H,1-2H3,(H,15,16)/t5-,6+/m0/s1. The molecule has 92 valence electrons. The van der Waals surface area contributed by atoms with E-state index in [2.05, 4.69) is 0 Å². The summed E-state index contributed by atoms with van der Waals surface area (Å²) in [5, 5.41) is 8.75. The molecule has 0 aromatic carbocycles. The number of carboxylic acids is 1. The Labute approximate surface area is 89.9 Å². The predicted molar refractivity (Wildman–Crippen MR) is 48.5 cm³/mol. The number of carbonyl (C=O) groups is 1. The fraction of sp³-hybridized carbons (Fsp3) is 0.700. The van der Waals surface area contributed by atoms with E-state index in [1.54, 1.807) is 13.8 Å². The van der Waals surface area contributed by atoms with Gasteiger partial charge in [-0.2, -0.15) is 0 Å². The zero-order valence-electron chi connectivity index (χ0n) is 8.75. The second kappa shape index (κ2) is 4.07. The van der Waals surface area contributed by atoms with Gasteiger partial charge < -0.3 is 5.11 Å². The van der Waals surface area contributed by atoms with Crippen LogP contribution in [0.25, 0.3) is 0 Å². The first-order valence-electron chi connectivity index (χ1n) is 4.70. The molecule has 1 fully saturated rings. The molecular weight excluding hydrogens is 228 g/mol. The zero-order chi connectivity index (χ0) is 12.7. The van der Waals surface area contributed by atoms with E-state index in [4.69, 9.17) is 5.11 Å². The van der Waals surface area contributed by atoms with Crippen molar-refractivity contribution in [3.05, 3.63) is 11.6 Å². The second-order valence-electron chi connectivity index (χ2n) is 4.43. The summed E-state index contributed by atoms with van der Waals surface area (Å²) in [5.74, 6) is -2.75. The van der Waals surface area contributed by atoms with E-state index in [0.29, 0.717) is 6.08 Å². The highest BCUT2D eigenvalue weighted by molar-refractivity contribution is 5.76. The minimum atomic E-state index is -3.24. The van der Waals surface area contributed by atoms with Crippen LogP contribution in [-0.4, -0.2) is 23.9 Å². The molecule has 1 rings (SSSR count). The Morgan fingerprint density at radius 1 is 1.25 bits per heavy atom. The van der Waals surface area contributed by atoms with Crippen molar-refractivity contribution in [3.8, 4) is 0 Å². The molecule has 0 saturated heterocycles. The molecule has 0 aromatic rings. The van der Waals surface area contributed by atoms with E-state index in [-0.39, 0.29) is 0 Å². The van der Waals surface area contributed by atoms with Gasteiger partial charge in [-0.3, -0.25) is 4.79 Å². The third-order valence-corrected chi connectivity index (χ3v) is 3.05. The van der Waals surface area contributed by atoms with Crippen LogP contribution in [0.3, 0.4) is 0 Å². The Kier molecular flexibility index (Phi) is 3.30. The smallest absolute Gasteiger partial charge is 0.307 e. The molecule has 0 amide bonds. The Morgan fingerprint density at radius 3 is 1.94 bits per heavy atom. The molecule has 0 unspecified atom stereocenters. The van der Waals surface area contributed by atoms with Crippen molar-refractivity contribution in [3.63, 3.8) is 0 Å². The molecule has 2 nitrogen and oxygen atoms in total. The van der Waals surface area contributed by atoms with Crippen LogP contribution in [0.1, 0.15) is 13.8 Å². The topological polar surface area (TPSA) is 37.3 Å². The Morgan fingerprint density at radius 2 is 1.69 bits per heavy atom. The molecule has 0 radical (unpaired) electrons. The molecule has 1 aliphatic rings. The lowest BCUT2D eigenvalue weighted by atomic mass is 10.1. The van der Waals surface area contributed by atoms with Crippen molar-refractivity contribution in [2.24, 2.45) is 17.3 Å². The zero-order valence-corrected chi connectivity index (χ0v) is 8.75. The van der Waals surface area contributed by atoms with Crippen LogP contribution in [0.5, 0.6) is 0 Å². The van der Waals surface area contributed by atoms with Crippen molar-refractivity contribution in [1.29, 1.82) is 0 Å². The average molecular weight is 240 g/mol. The van der Waals surface area contributed by atoms with E-state index >= 15 is 0 Å². The van der Waals surface area contributed by atoms with Gasteiger partial charge in [0.05, 0.1) is 11.5 Å². The number of hydrogen-bond donors (Lipinski definition) is 1. The Balaban J connectivity index is 2.89. The number of aliphatic carboxylic acids is 1. The van der Waals surface area contributed by atoms with Gasteiger partial charge in [-0.15, -0.1) is 0 Å². The third-order valence-electron chi connectivity index (χ3n) is 3.05. The third kappa shape index (κ3) is 2.20. The SMILES string of the molecule is CC1(C)[C@@H](C=C(C(F)F)C(F)F)[C@@H]1C(=O)O. The molecule has 0 aliphatic heterocycles. The number of rotatable bonds is 4. The average Bonchev–Trinajstić information content (AvgIpc) is 2.62. The van der Waals surface area contributed by atoms with Crippen molar-refractivity contribution < 1.29 is 27.5 Å². The molecule has 0 aromatic heterocycles. The maximum Gasteiger partial charge on any atom is 0.307 e. The molecule has 6 heteroatoms. The van der Waals surface area contributed by atoms with Gasteiger partial charge >= 0.3 is 5.97 Å².